The second-order valence-electron chi connectivity index (χ2n) is 6.82. The first kappa shape index (κ1) is 22.0. The molecule has 0 aliphatic rings. The average Bonchev–Trinajstić information content (AvgIpc) is 2.52. The van der Waals surface area contributed by atoms with Crippen molar-refractivity contribution in [2.45, 2.75) is 41.5 Å². The van der Waals surface area contributed by atoms with Gasteiger partial charge in [-0.05, 0) is 81.9 Å². The summed E-state index contributed by atoms with van der Waals surface area (Å²) in [7, 11) is 0.141. The van der Waals surface area contributed by atoms with Gasteiger partial charge in [-0.1, -0.05) is 32.0 Å². The molecule has 25 heavy (non-hydrogen) atoms. The van der Waals surface area contributed by atoms with Crippen molar-refractivity contribution in [1.82, 2.24) is 0 Å². The van der Waals surface area contributed by atoms with Crippen LogP contribution in [0.3, 0.4) is 0 Å². The first-order chi connectivity index (χ1) is 11.3. The van der Waals surface area contributed by atoms with Crippen molar-refractivity contribution < 1.29 is 9.53 Å². The van der Waals surface area contributed by atoms with Gasteiger partial charge in [-0.3, -0.25) is 4.79 Å². The van der Waals surface area contributed by atoms with Gasteiger partial charge in [0.15, 0.2) is 5.52 Å². The van der Waals surface area contributed by atoms with E-state index in [1.807, 2.05) is 31.2 Å². The van der Waals surface area contributed by atoms with E-state index in [-0.39, 0.29) is 33.0 Å². The number of benzene rings is 2. The SMILES string of the molecule is Cc1cc(C)c(C(=O)Pc2ccc(OCC(C)C)cc2)c(C)c1C.[LiH]. The number of rotatable bonds is 6. The molecule has 0 heterocycles. The van der Waals surface area contributed by atoms with Gasteiger partial charge in [0.05, 0.1) is 6.61 Å². The van der Waals surface area contributed by atoms with E-state index >= 15 is 0 Å². The van der Waals surface area contributed by atoms with E-state index in [4.69, 9.17) is 4.74 Å². The van der Waals surface area contributed by atoms with E-state index in [2.05, 4.69) is 40.7 Å². The maximum absolute atomic E-state index is 12.8. The molecule has 2 aromatic carbocycles. The van der Waals surface area contributed by atoms with Crippen LogP contribution in [0.25, 0.3) is 0 Å². The third-order valence-electron chi connectivity index (χ3n) is 4.28. The second kappa shape index (κ2) is 9.58. The fourth-order valence-electron chi connectivity index (χ4n) is 2.72. The molecule has 1 unspecified atom stereocenters. The van der Waals surface area contributed by atoms with Crippen LogP contribution in [0.15, 0.2) is 30.3 Å². The van der Waals surface area contributed by atoms with Gasteiger partial charge in [0, 0.05) is 5.56 Å². The second-order valence-corrected chi connectivity index (χ2v) is 8.10. The van der Waals surface area contributed by atoms with Crippen LogP contribution in [-0.4, -0.2) is 31.0 Å². The summed E-state index contributed by atoms with van der Waals surface area (Å²) in [4.78, 5) is 12.8. The van der Waals surface area contributed by atoms with E-state index in [1.54, 1.807) is 0 Å². The Bertz CT molecular complexity index is 737. The van der Waals surface area contributed by atoms with Crippen LogP contribution in [0.2, 0.25) is 0 Å². The molecule has 2 nitrogen and oxygen atoms in total. The van der Waals surface area contributed by atoms with Crippen LogP contribution in [0.5, 0.6) is 5.75 Å². The molecule has 2 aromatic rings. The number of aryl methyl sites for hydroxylation is 2. The van der Waals surface area contributed by atoms with Crippen molar-refractivity contribution in [1.29, 1.82) is 0 Å². The van der Waals surface area contributed by atoms with Crippen molar-refractivity contribution in [3.05, 3.63) is 58.1 Å². The molecule has 0 saturated carbocycles. The number of hydrogen-bond donors (Lipinski definition) is 0. The van der Waals surface area contributed by atoms with Crippen LogP contribution in [0.1, 0.15) is 46.5 Å². The maximum atomic E-state index is 12.8. The average molecular weight is 350 g/mol. The van der Waals surface area contributed by atoms with Gasteiger partial charge in [0.1, 0.15) is 5.75 Å². The summed E-state index contributed by atoms with van der Waals surface area (Å²) >= 11 is 0. The molecule has 0 bridgehead atoms. The molecule has 0 N–H and O–H groups in total. The van der Waals surface area contributed by atoms with E-state index in [0.717, 1.165) is 27.7 Å². The normalized spacial score (nSPS) is 11.0. The molecular weight excluding hydrogens is 322 g/mol. The quantitative estimate of drug-likeness (QED) is 0.568. The minimum absolute atomic E-state index is 0. The molecule has 1 atom stereocenters. The van der Waals surface area contributed by atoms with Crippen molar-refractivity contribution in [3.63, 3.8) is 0 Å². The zero-order valence-corrected chi connectivity index (χ0v) is 16.5. The van der Waals surface area contributed by atoms with Crippen LogP contribution >= 0.6 is 8.58 Å². The van der Waals surface area contributed by atoms with E-state index in [0.29, 0.717) is 12.5 Å². The van der Waals surface area contributed by atoms with Crippen molar-refractivity contribution in [2.75, 3.05) is 6.61 Å². The molecule has 130 valence electrons. The third kappa shape index (κ3) is 5.72. The zero-order valence-electron chi connectivity index (χ0n) is 15.5. The Morgan fingerprint density at radius 2 is 1.60 bits per heavy atom. The predicted octanol–water partition coefficient (Wildman–Crippen LogP) is 4.45. The molecule has 4 heteroatoms. The topological polar surface area (TPSA) is 26.3 Å². The van der Waals surface area contributed by atoms with Gasteiger partial charge in [-0.15, -0.1) is 0 Å². The van der Waals surface area contributed by atoms with Gasteiger partial charge in [-0.25, -0.2) is 0 Å². The molecular formula is C21H28LiO2P. The summed E-state index contributed by atoms with van der Waals surface area (Å²) in [5.41, 5.74) is 5.75. The molecule has 0 saturated heterocycles. The molecule has 0 aliphatic heterocycles. The van der Waals surface area contributed by atoms with Crippen LogP contribution in [0, 0.1) is 33.6 Å². The Hall–Kier alpha value is -1.06. The number of ether oxygens (including phenoxy) is 1. The Balaban J connectivity index is 0.00000312. The number of carbonyl (C=O) groups is 1. The summed E-state index contributed by atoms with van der Waals surface area (Å²) < 4.78 is 5.70. The van der Waals surface area contributed by atoms with Crippen LogP contribution < -0.4 is 10.0 Å². The standard InChI is InChI=1S/C21H27O2P.Li.H/c1-13(2)12-23-18-7-9-19(10-8-18)24-21(22)20-15(4)11-14(3)16(5)17(20)6;;/h7-11,13,24H,12H2,1-6H3;;. The number of hydrogen-bond acceptors (Lipinski definition) is 2. The van der Waals surface area contributed by atoms with Crippen molar-refractivity contribution >= 4 is 38.3 Å². The Morgan fingerprint density at radius 3 is 2.16 bits per heavy atom. The van der Waals surface area contributed by atoms with Gasteiger partial charge >= 0.3 is 18.9 Å². The Morgan fingerprint density at radius 1 is 1.00 bits per heavy atom. The molecule has 2 rings (SSSR count). The van der Waals surface area contributed by atoms with Crippen LogP contribution in [-0.2, 0) is 0 Å². The number of carbonyl (C=O) groups excluding carboxylic acids is 1. The van der Waals surface area contributed by atoms with Gasteiger partial charge in [0.2, 0.25) is 0 Å². The molecule has 0 aliphatic carbocycles. The Labute approximate surface area is 165 Å². The molecule has 0 radical (unpaired) electrons. The molecule has 0 fully saturated rings. The van der Waals surface area contributed by atoms with Crippen LogP contribution in [0.4, 0.5) is 0 Å². The zero-order chi connectivity index (χ0) is 17.9. The summed E-state index contributed by atoms with van der Waals surface area (Å²) in [5.74, 6) is 1.37. The monoisotopic (exact) mass is 350 g/mol. The summed E-state index contributed by atoms with van der Waals surface area (Å²) in [6.07, 6.45) is 0. The summed E-state index contributed by atoms with van der Waals surface area (Å²) in [6.45, 7) is 13.2. The van der Waals surface area contributed by atoms with Gasteiger partial charge < -0.3 is 4.74 Å². The molecule has 0 spiro atoms. The third-order valence-corrected chi connectivity index (χ3v) is 5.38. The van der Waals surface area contributed by atoms with Crippen molar-refractivity contribution in [3.8, 4) is 5.75 Å². The molecule has 0 amide bonds. The minimum atomic E-state index is 0. The summed E-state index contributed by atoms with van der Waals surface area (Å²) in [5, 5.41) is 1.05. The first-order valence-electron chi connectivity index (χ1n) is 8.41. The van der Waals surface area contributed by atoms with E-state index in [9.17, 15) is 4.79 Å². The fourth-order valence-corrected chi connectivity index (χ4v) is 3.83. The fraction of sp³-hybridized carbons (Fsp3) is 0.381. The summed E-state index contributed by atoms with van der Waals surface area (Å²) in [6, 6.07) is 10.0. The van der Waals surface area contributed by atoms with E-state index in [1.165, 1.54) is 11.1 Å². The first-order valence-corrected chi connectivity index (χ1v) is 9.41. The predicted molar refractivity (Wildman–Crippen MR) is 112 cm³/mol. The Kier molecular flexibility index (Phi) is 8.43. The van der Waals surface area contributed by atoms with Gasteiger partial charge in [0.25, 0.3) is 0 Å². The molecule has 0 aromatic heterocycles. The van der Waals surface area contributed by atoms with E-state index < -0.39 is 0 Å². The van der Waals surface area contributed by atoms with Crippen molar-refractivity contribution in [2.24, 2.45) is 5.92 Å². The van der Waals surface area contributed by atoms with Gasteiger partial charge in [-0.2, -0.15) is 0 Å².